The van der Waals surface area contributed by atoms with Gasteiger partial charge in [0.25, 0.3) is 0 Å². The van der Waals surface area contributed by atoms with Crippen LogP contribution in [-0.2, 0) is 0 Å². The third kappa shape index (κ3) is 1.37. The van der Waals surface area contributed by atoms with Crippen molar-refractivity contribution in [2.24, 2.45) is 0 Å². The quantitative estimate of drug-likeness (QED) is 0.724. The van der Waals surface area contributed by atoms with Gasteiger partial charge in [-0.15, -0.1) is 0 Å². The molecule has 4 nitrogen and oxygen atoms in total. The summed E-state index contributed by atoms with van der Waals surface area (Å²) in [4.78, 5) is 11.4. The maximum Gasteiger partial charge on any atom is 0.313 e. The van der Waals surface area contributed by atoms with Gasteiger partial charge < -0.3 is 5.11 Å². The van der Waals surface area contributed by atoms with Crippen molar-refractivity contribution in [3.05, 3.63) is 52.9 Å². The van der Waals surface area contributed by atoms with E-state index >= 15 is 0 Å². The molecule has 0 amide bonds. The van der Waals surface area contributed by atoms with E-state index in [2.05, 4.69) is 5.10 Å². The number of hydrogen-bond donors (Lipinski definition) is 1. The summed E-state index contributed by atoms with van der Waals surface area (Å²) in [7, 11) is 0. The van der Waals surface area contributed by atoms with Gasteiger partial charge in [0.15, 0.2) is 5.75 Å². The van der Waals surface area contributed by atoms with E-state index in [1.54, 1.807) is 24.3 Å². The van der Waals surface area contributed by atoms with Crippen LogP contribution in [0.3, 0.4) is 0 Å². The van der Waals surface area contributed by atoms with Crippen LogP contribution in [0.25, 0.3) is 5.69 Å². The molecule has 0 saturated heterocycles. The Morgan fingerprint density at radius 1 is 1.14 bits per heavy atom. The van der Waals surface area contributed by atoms with E-state index in [0.717, 1.165) is 4.68 Å². The normalized spacial score (nSPS) is 10.0. The largest absolute Gasteiger partial charge is 0.503 e. The number of hydrogen-bond acceptors (Lipinski definition) is 3. The number of nitrogens with zero attached hydrogens (tertiary/aromatic N) is 2. The number of para-hydroxylation sites is 1. The van der Waals surface area contributed by atoms with Crippen molar-refractivity contribution in [3.63, 3.8) is 0 Å². The highest BCUT2D eigenvalue weighted by atomic mass is 16.3. The van der Waals surface area contributed by atoms with Gasteiger partial charge in [0.2, 0.25) is 0 Å². The van der Waals surface area contributed by atoms with Crippen LogP contribution < -0.4 is 5.56 Å². The Morgan fingerprint density at radius 3 is 2.57 bits per heavy atom. The molecule has 14 heavy (non-hydrogen) atoms. The van der Waals surface area contributed by atoms with Crippen molar-refractivity contribution in [2.75, 3.05) is 0 Å². The fourth-order valence-corrected chi connectivity index (χ4v) is 1.16. The van der Waals surface area contributed by atoms with Crippen molar-refractivity contribution >= 4 is 0 Å². The van der Waals surface area contributed by atoms with E-state index < -0.39 is 5.56 Å². The summed E-state index contributed by atoms with van der Waals surface area (Å²) < 4.78 is 1.15. The first-order valence-corrected chi connectivity index (χ1v) is 4.12. The molecule has 0 aliphatic heterocycles. The molecule has 1 aromatic carbocycles. The monoisotopic (exact) mass is 188 g/mol. The van der Waals surface area contributed by atoms with E-state index in [1.807, 2.05) is 6.07 Å². The van der Waals surface area contributed by atoms with Gasteiger partial charge in [0, 0.05) is 6.07 Å². The molecule has 2 rings (SSSR count). The van der Waals surface area contributed by atoms with Gasteiger partial charge in [0.1, 0.15) is 0 Å². The first-order chi connectivity index (χ1) is 6.79. The molecule has 0 atom stereocenters. The molecule has 0 aliphatic rings. The molecular formula is C10H8N2O2. The standard InChI is InChI=1S/C10H8N2O2/c13-9-6-7-11-12(10(9)14)8-4-2-1-3-5-8/h1-7,13H. The zero-order valence-corrected chi connectivity index (χ0v) is 7.29. The Bertz CT molecular complexity index is 491. The smallest absolute Gasteiger partial charge is 0.313 e. The number of aromatic hydroxyl groups is 1. The molecule has 1 heterocycles. The molecule has 0 unspecified atom stereocenters. The van der Waals surface area contributed by atoms with Crippen LogP contribution in [0.5, 0.6) is 5.75 Å². The predicted molar refractivity (Wildman–Crippen MR) is 51.5 cm³/mol. The van der Waals surface area contributed by atoms with Crippen molar-refractivity contribution in [3.8, 4) is 11.4 Å². The van der Waals surface area contributed by atoms with E-state index in [-0.39, 0.29) is 5.75 Å². The predicted octanol–water partition coefficient (Wildman–Crippen LogP) is 0.938. The summed E-state index contributed by atoms with van der Waals surface area (Å²) in [5.74, 6) is -0.302. The maximum atomic E-state index is 11.4. The highest BCUT2D eigenvalue weighted by molar-refractivity contribution is 5.31. The lowest BCUT2D eigenvalue weighted by Crippen LogP contribution is -2.19. The second-order valence-electron chi connectivity index (χ2n) is 2.77. The molecule has 70 valence electrons. The van der Waals surface area contributed by atoms with Crippen LogP contribution >= 0.6 is 0 Å². The van der Waals surface area contributed by atoms with Gasteiger partial charge in [-0.25, -0.2) is 0 Å². The van der Waals surface area contributed by atoms with E-state index in [4.69, 9.17) is 0 Å². The van der Waals surface area contributed by atoms with E-state index in [1.165, 1.54) is 12.3 Å². The average Bonchev–Trinajstić information content (AvgIpc) is 2.23. The van der Waals surface area contributed by atoms with Crippen LogP contribution in [0, 0.1) is 0 Å². The zero-order chi connectivity index (χ0) is 9.97. The van der Waals surface area contributed by atoms with Crippen LogP contribution in [0.2, 0.25) is 0 Å². The Morgan fingerprint density at radius 2 is 1.86 bits per heavy atom. The number of rotatable bonds is 1. The summed E-state index contributed by atoms with van der Waals surface area (Å²) in [5.41, 5.74) is 0.118. The minimum atomic E-state index is -0.515. The second-order valence-corrected chi connectivity index (χ2v) is 2.77. The van der Waals surface area contributed by atoms with Crippen molar-refractivity contribution in [1.29, 1.82) is 0 Å². The van der Waals surface area contributed by atoms with Crippen molar-refractivity contribution in [2.45, 2.75) is 0 Å². The fourth-order valence-electron chi connectivity index (χ4n) is 1.16. The van der Waals surface area contributed by atoms with Gasteiger partial charge in [-0.05, 0) is 12.1 Å². The molecule has 0 bridgehead atoms. The molecular weight excluding hydrogens is 180 g/mol. The fraction of sp³-hybridized carbons (Fsp3) is 0. The van der Waals surface area contributed by atoms with Crippen LogP contribution in [0.15, 0.2) is 47.4 Å². The lowest BCUT2D eigenvalue weighted by atomic mass is 10.3. The Balaban J connectivity index is 2.64. The summed E-state index contributed by atoms with van der Waals surface area (Å²) >= 11 is 0. The third-order valence-electron chi connectivity index (χ3n) is 1.83. The zero-order valence-electron chi connectivity index (χ0n) is 7.29. The van der Waals surface area contributed by atoms with Gasteiger partial charge >= 0.3 is 5.56 Å². The molecule has 0 fully saturated rings. The molecule has 2 aromatic rings. The van der Waals surface area contributed by atoms with E-state index in [9.17, 15) is 9.90 Å². The lowest BCUT2D eigenvalue weighted by molar-refractivity contribution is 0.459. The Kier molecular flexibility index (Phi) is 2.02. The summed E-state index contributed by atoms with van der Waals surface area (Å²) in [5, 5.41) is 13.0. The minimum Gasteiger partial charge on any atom is -0.503 e. The van der Waals surface area contributed by atoms with Gasteiger partial charge in [0.05, 0.1) is 11.9 Å². The first-order valence-electron chi connectivity index (χ1n) is 4.12. The number of benzene rings is 1. The summed E-state index contributed by atoms with van der Waals surface area (Å²) in [6.45, 7) is 0. The molecule has 0 radical (unpaired) electrons. The van der Waals surface area contributed by atoms with Crippen LogP contribution in [0.4, 0.5) is 0 Å². The molecule has 4 heteroatoms. The van der Waals surface area contributed by atoms with Crippen molar-refractivity contribution in [1.82, 2.24) is 9.78 Å². The van der Waals surface area contributed by atoms with Gasteiger partial charge in [-0.1, -0.05) is 18.2 Å². The third-order valence-corrected chi connectivity index (χ3v) is 1.83. The van der Waals surface area contributed by atoms with Crippen LogP contribution in [0.1, 0.15) is 0 Å². The lowest BCUT2D eigenvalue weighted by Gasteiger charge is -2.02. The van der Waals surface area contributed by atoms with Crippen LogP contribution in [-0.4, -0.2) is 14.9 Å². The minimum absolute atomic E-state index is 0.302. The van der Waals surface area contributed by atoms with Gasteiger partial charge in [-0.2, -0.15) is 9.78 Å². The molecule has 0 spiro atoms. The average molecular weight is 188 g/mol. The second kappa shape index (κ2) is 3.33. The molecule has 1 aromatic heterocycles. The first kappa shape index (κ1) is 8.50. The van der Waals surface area contributed by atoms with Gasteiger partial charge in [-0.3, -0.25) is 4.79 Å². The molecule has 0 saturated carbocycles. The molecule has 1 N–H and O–H groups in total. The Labute approximate surface area is 80.1 Å². The Hall–Kier alpha value is -2.10. The van der Waals surface area contributed by atoms with Crippen molar-refractivity contribution < 1.29 is 5.11 Å². The SMILES string of the molecule is O=c1c(O)ccnn1-c1ccccc1. The summed E-state index contributed by atoms with van der Waals surface area (Å²) in [6, 6.07) is 10.2. The van der Waals surface area contributed by atoms with E-state index in [0.29, 0.717) is 5.69 Å². The topological polar surface area (TPSA) is 55.1 Å². The number of aromatic nitrogens is 2. The summed E-state index contributed by atoms with van der Waals surface area (Å²) in [6.07, 6.45) is 1.38. The highest BCUT2D eigenvalue weighted by Crippen LogP contribution is 2.03. The highest BCUT2D eigenvalue weighted by Gasteiger charge is 2.02. The molecule has 0 aliphatic carbocycles. The maximum absolute atomic E-state index is 11.4.